The molecule has 0 saturated carbocycles. The Kier molecular flexibility index (Phi) is 5.42. The minimum atomic E-state index is -0.214. The minimum Gasteiger partial charge on any atom is -0.397 e. The van der Waals surface area contributed by atoms with Crippen LogP contribution in [0.2, 0.25) is 5.02 Å². The van der Waals surface area contributed by atoms with Crippen LogP contribution < -0.4 is 16.0 Å². The Hall–Kier alpha value is -2.20. The van der Waals surface area contributed by atoms with E-state index < -0.39 is 0 Å². The number of nitrogen functional groups attached to an aromatic ring is 1. The van der Waals surface area contributed by atoms with Crippen LogP contribution in [0.3, 0.4) is 0 Å². The third kappa shape index (κ3) is 3.80. The van der Waals surface area contributed by atoms with Gasteiger partial charge in [-0.25, -0.2) is 0 Å². The number of rotatable bonds is 3. The molecule has 1 fully saturated rings. The van der Waals surface area contributed by atoms with Crippen LogP contribution >= 0.6 is 11.6 Å². The molecule has 1 aliphatic heterocycles. The molecule has 0 bridgehead atoms. The summed E-state index contributed by atoms with van der Waals surface area (Å²) in [5.74, 6) is -0.214. The molecular weight excluding hydrogens is 346 g/mol. The molecule has 0 aliphatic carbocycles. The lowest BCUT2D eigenvalue weighted by atomic mass is 9.95. The normalized spacial score (nSPS) is 20.1. The van der Waals surface area contributed by atoms with Gasteiger partial charge in [0.15, 0.2) is 0 Å². The quantitative estimate of drug-likeness (QED) is 0.724. The predicted molar refractivity (Wildman–Crippen MR) is 110 cm³/mol. The summed E-state index contributed by atoms with van der Waals surface area (Å²) in [6.07, 6.45) is 3.61. The second kappa shape index (κ2) is 7.58. The Morgan fingerprint density at radius 3 is 2.54 bits per heavy atom. The lowest BCUT2D eigenvalue weighted by molar-refractivity contribution is 0.102. The SMILES string of the molecule is Cc1cc(N)c(NC(=O)c2cccc(Cl)c2)cc1N1C(C)CCCC1C. The van der Waals surface area contributed by atoms with E-state index in [0.29, 0.717) is 34.0 Å². The van der Waals surface area contributed by atoms with Gasteiger partial charge in [-0.05, 0) is 75.9 Å². The number of aryl methyl sites for hydroxylation is 1. The molecule has 2 aromatic carbocycles. The van der Waals surface area contributed by atoms with Crippen LogP contribution in [0.5, 0.6) is 0 Å². The maximum Gasteiger partial charge on any atom is 0.255 e. The number of benzene rings is 2. The molecule has 4 nitrogen and oxygen atoms in total. The number of anilines is 3. The van der Waals surface area contributed by atoms with Crippen molar-refractivity contribution in [2.24, 2.45) is 0 Å². The first kappa shape index (κ1) is 18.6. The highest BCUT2D eigenvalue weighted by Crippen LogP contribution is 2.36. The number of nitrogens with zero attached hydrogens (tertiary/aromatic N) is 1. The molecule has 3 N–H and O–H groups in total. The molecule has 26 heavy (non-hydrogen) atoms. The lowest BCUT2D eigenvalue weighted by Crippen LogP contribution is -2.44. The van der Waals surface area contributed by atoms with Crippen molar-refractivity contribution < 1.29 is 4.79 Å². The summed E-state index contributed by atoms with van der Waals surface area (Å²) in [5, 5.41) is 3.47. The first-order valence-corrected chi connectivity index (χ1v) is 9.50. The molecule has 2 aromatic rings. The maximum absolute atomic E-state index is 12.6. The summed E-state index contributed by atoms with van der Waals surface area (Å²) < 4.78 is 0. The van der Waals surface area contributed by atoms with Gasteiger partial charge in [0.1, 0.15) is 0 Å². The highest BCUT2D eigenvalue weighted by molar-refractivity contribution is 6.31. The summed E-state index contributed by atoms with van der Waals surface area (Å²) in [6.45, 7) is 6.59. The zero-order valence-electron chi connectivity index (χ0n) is 15.6. The third-order valence-electron chi connectivity index (χ3n) is 5.17. The van der Waals surface area contributed by atoms with Crippen molar-refractivity contribution in [3.8, 4) is 0 Å². The van der Waals surface area contributed by atoms with E-state index in [1.54, 1.807) is 24.3 Å². The van der Waals surface area contributed by atoms with Crippen molar-refractivity contribution >= 4 is 34.6 Å². The summed E-state index contributed by atoms with van der Waals surface area (Å²) >= 11 is 5.99. The summed E-state index contributed by atoms with van der Waals surface area (Å²) in [7, 11) is 0. The highest BCUT2D eigenvalue weighted by Gasteiger charge is 2.26. The first-order valence-electron chi connectivity index (χ1n) is 9.12. The number of hydrogen-bond donors (Lipinski definition) is 2. The molecule has 1 aliphatic rings. The minimum absolute atomic E-state index is 0.214. The fourth-order valence-corrected chi connectivity index (χ4v) is 4.02. The fourth-order valence-electron chi connectivity index (χ4n) is 3.83. The molecule has 0 radical (unpaired) electrons. The molecule has 0 aromatic heterocycles. The van der Waals surface area contributed by atoms with Crippen LogP contribution in [0.25, 0.3) is 0 Å². The molecular formula is C21H26ClN3O. The van der Waals surface area contributed by atoms with Crippen molar-refractivity contribution in [1.29, 1.82) is 0 Å². The van der Waals surface area contributed by atoms with Gasteiger partial charge < -0.3 is 16.0 Å². The molecule has 1 saturated heterocycles. The van der Waals surface area contributed by atoms with Crippen molar-refractivity contribution in [2.75, 3.05) is 16.0 Å². The molecule has 0 spiro atoms. The first-order chi connectivity index (χ1) is 12.4. The van der Waals surface area contributed by atoms with Crippen LogP contribution in [-0.2, 0) is 0 Å². The van der Waals surface area contributed by atoms with Gasteiger partial charge in [-0.1, -0.05) is 17.7 Å². The summed E-state index contributed by atoms with van der Waals surface area (Å²) in [4.78, 5) is 15.0. The van der Waals surface area contributed by atoms with Crippen LogP contribution in [0.4, 0.5) is 17.1 Å². The molecule has 1 amide bonds. The largest absolute Gasteiger partial charge is 0.397 e. The molecule has 3 rings (SSSR count). The number of piperidine rings is 1. The molecule has 5 heteroatoms. The van der Waals surface area contributed by atoms with E-state index in [-0.39, 0.29) is 5.91 Å². The number of carbonyl (C=O) groups excluding carboxylic acids is 1. The van der Waals surface area contributed by atoms with Crippen molar-refractivity contribution in [2.45, 2.75) is 52.1 Å². The van der Waals surface area contributed by atoms with Gasteiger partial charge in [-0.15, -0.1) is 0 Å². The number of nitrogens with one attached hydrogen (secondary N) is 1. The molecule has 1 heterocycles. The topological polar surface area (TPSA) is 58.4 Å². The monoisotopic (exact) mass is 371 g/mol. The second-order valence-corrected chi connectivity index (χ2v) is 7.66. The lowest BCUT2D eigenvalue weighted by Gasteiger charge is -2.42. The van der Waals surface area contributed by atoms with Gasteiger partial charge >= 0.3 is 0 Å². The number of carbonyl (C=O) groups is 1. The smallest absolute Gasteiger partial charge is 0.255 e. The van der Waals surface area contributed by atoms with Crippen molar-refractivity contribution in [3.63, 3.8) is 0 Å². The van der Waals surface area contributed by atoms with Crippen molar-refractivity contribution in [1.82, 2.24) is 0 Å². The van der Waals surface area contributed by atoms with Gasteiger partial charge in [0.2, 0.25) is 0 Å². The molecule has 138 valence electrons. The van der Waals surface area contributed by atoms with E-state index >= 15 is 0 Å². The van der Waals surface area contributed by atoms with Gasteiger partial charge in [0.25, 0.3) is 5.91 Å². The van der Waals surface area contributed by atoms with Crippen LogP contribution in [0.15, 0.2) is 36.4 Å². The van der Waals surface area contributed by atoms with E-state index in [9.17, 15) is 4.79 Å². The molecule has 2 atom stereocenters. The Balaban J connectivity index is 1.92. The Morgan fingerprint density at radius 1 is 1.19 bits per heavy atom. The summed E-state index contributed by atoms with van der Waals surface area (Å²) in [5.41, 5.74) is 10.2. The van der Waals surface area contributed by atoms with E-state index in [2.05, 4.69) is 31.0 Å². The highest BCUT2D eigenvalue weighted by atomic mass is 35.5. The standard InChI is InChI=1S/C21H26ClN3O/c1-13-10-18(23)19(24-21(26)16-8-5-9-17(22)11-16)12-20(13)25-14(2)6-4-7-15(25)3/h5,8-12,14-15H,4,6-7,23H2,1-3H3,(H,24,26). The Bertz CT molecular complexity index is 811. The van der Waals surface area contributed by atoms with E-state index in [1.165, 1.54) is 19.3 Å². The van der Waals surface area contributed by atoms with Crippen molar-refractivity contribution in [3.05, 3.63) is 52.5 Å². The van der Waals surface area contributed by atoms with Gasteiger partial charge in [0, 0.05) is 28.4 Å². The number of nitrogens with two attached hydrogens (primary N) is 1. The number of amides is 1. The van der Waals surface area contributed by atoms with Gasteiger partial charge in [-0.2, -0.15) is 0 Å². The Labute approximate surface area is 160 Å². The molecule has 2 unspecified atom stereocenters. The van der Waals surface area contributed by atoms with Crippen LogP contribution in [0.1, 0.15) is 49.0 Å². The van der Waals surface area contributed by atoms with Gasteiger partial charge in [0.05, 0.1) is 11.4 Å². The van der Waals surface area contributed by atoms with Gasteiger partial charge in [-0.3, -0.25) is 4.79 Å². The van der Waals surface area contributed by atoms with E-state index in [0.717, 1.165) is 11.3 Å². The zero-order valence-corrected chi connectivity index (χ0v) is 16.3. The Morgan fingerprint density at radius 2 is 1.88 bits per heavy atom. The predicted octanol–water partition coefficient (Wildman–Crippen LogP) is 5.25. The second-order valence-electron chi connectivity index (χ2n) is 7.23. The fraction of sp³-hybridized carbons (Fsp3) is 0.381. The zero-order chi connectivity index (χ0) is 18.8. The number of hydrogen-bond acceptors (Lipinski definition) is 3. The number of halogens is 1. The van der Waals surface area contributed by atoms with Crippen LogP contribution in [0, 0.1) is 6.92 Å². The maximum atomic E-state index is 12.6. The van der Waals surface area contributed by atoms with E-state index in [1.807, 2.05) is 12.1 Å². The van der Waals surface area contributed by atoms with Crippen LogP contribution in [-0.4, -0.2) is 18.0 Å². The summed E-state index contributed by atoms with van der Waals surface area (Å²) in [6, 6.07) is 11.8. The third-order valence-corrected chi connectivity index (χ3v) is 5.41. The van der Waals surface area contributed by atoms with E-state index in [4.69, 9.17) is 17.3 Å². The average molecular weight is 372 g/mol. The average Bonchev–Trinajstić information content (AvgIpc) is 2.58.